The van der Waals surface area contributed by atoms with Crippen molar-refractivity contribution in [1.29, 1.82) is 5.26 Å². The minimum Gasteiger partial charge on any atom is -0.379 e. The van der Waals surface area contributed by atoms with Crippen LogP contribution in [-0.4, -0.2) is 13.0 Å². The van der Waals surface area contributed by atoms with Crippen molar-refractivity contribution in [1.82, 2.24) is 4.57 Å². The Bertz CT molecular complexity index is 1400. The standard InChI is InChI=1S/C25H19BrN2O3S/c1-18-4-12-24(13-5-18)32(29,30)31-23-10-6-19(7-11-23)15-21-3-2-14-28(21)22-9-8-20(17-27)25(26)16-22/h2-14,16H,15H2,1H3. The summed E-state index contributed by atoms with van der Waals surface area (Å²) in [6.07, 6.45) is 2.62. The maximum Gasteiger partial charge on any atom is 0.339 e. The molecule has 160 valence electrons. The molecule has 0 fully saturated rings. The third-order valence-electron chi connectivity index (χ3n) is 5.01. The summed E-state index contributed by atoms with van der Waals surface area (Å²) in [7, 11) is -3.88. The first-order valence-electron chi connectivity index (χ1n) is 9.82. The first-order valence-corrected chi connectivity index (χ1v) is 12.0. The number of rotatable bonds is 6. The van der Waals surface area contributed by atoms with E-state index in [1.165, 1.54) is 12.1 Å². The number of aromatic nitrogens is 1. The molecule has 0 spiro atoms. The number of benzene rings is 3. The number of hydrogen-bond donors (Lipinski definition) is 0. The molecule has 0 N–H and O–H groups in total. The molecule has 0 unspecified atom stereocenters. The van der Waals surface area contributed by atoms with Crippen LogP contribution in [0.4, 0.5) is 0 Å². The highest BCUT2D eigenvalue weighted by Crippen LogP contribution is 2.24. The van der Waals surface area contributed by atoms with Crippen LogP contribution < -0.4 is 4.18 Å². The molecular formula is C25H19BrN2O3S. The van der Waals surface area contributed by atoms with Crippen LogP contribution in [0.15, 0.2) is 94.4 Å². The van der Waals surface area contributed by atoms with E-state index >= 15 is 0 Å². The van der Waals surface area contributed by atoms with Crippen LogP contribution in [0.3, 0.4) is 0 Å². The van der Waals surface area contributed by atoms with Crippen molar-refractivity contribution in [2.45, 2.75) is 18.2 Å². The highest BCUT2D eigenvalue weighted by atomic mass is 79.9. The van der Waals surface area contributed by atoms with Gasteiger partial charge in [-0.1, -0.05) is 29.8 Å². The Morgan fingerprint density at radius 3 is 2.38 bits per heavy atom. The molecule has 0 aliphatic rings. The van der Waals surface area contributed by atoms with Crippen molar-refractivity contribution in [2.75, 3.05) is 0 Å². The van der Waals surface area contributed by atoms with Gasteiger partial charge in [-0.3, -0.25) is 0 Å². The lowest BCUT2D eigenvalue weighted by Crippen LogP contribution is -2.09. The van der Waals surface area contributed by atoms with Gasteiger partial charge in [0.25, 0.3) is 0 Å². The molecule has 1 aromatic heterocycles. The fraction of sp³-hybridized carbons (Fsp3) is 0.0800. The molecule has 7 heteroatoms. The number of nitrogens with zero attached hydrogens (tertiary/aromatic N) is 2. The van der Waals surface area contributed by atoms with Crippen molar-refractivity contribution in [2.24, 2.45) is 0 Å². The van der Waals surface area contributed by atoms with Gasteiger partial charge in [0.1, 0.15) is 16.7 Å². The van der Waals surface area contributed by atoms with Crippen molar-refractivity contribution in [3.05, 3.63) is 112 Å². The molecule has 0 radical (unpaired) electrons. The minimum atomic E-state index is -3.88. The number of halogens is 1. The van der Waals surface area contributed by atoms with E-state index in [-0.39, 0.29) is 10.6 Å². The fourth-order valence-electron chi connectivity index (χ4n) is 3.31. The summed E-state index contributed by atoms with van der Waals surface area (Å²) in [5.41, 5.74) is 4.57. The maximum absolute atomic E-state index is 12.5. The van der Waals surface area contributed by atoms with E-state index in [0.29, 0.717) is 12.0 Å². The average Bonchev–Trinajstić information content (AvgIpc) is 3.23. The Balaban J connectivity index is 1.51. The summed E-state index contributed by atoms with van der Waals surface area (Å²) < 4.78 is 33.0. The third-order valence-corrected chi connectivity index (χ3v) is 6.93. The Kier molecular flexibility index (Phi) is 6.17. The van der Waals surface area contributed by atoms with E-state index in [0.717, 1.165) is 27.0 Å². The van der Waals surface area contributed by atoms with Gasteiger partial charge in [-0.2, -0.15) is 13.7 Å². The topological polar surface area (TPSA) is 72.1 Å². The van der Waals surface area contributed by atoms with E-state index in [1.807, 2.05) is 49.5 Å². The minimum absolute atomic E-state index is 0.124. The molecule has 32 heavy (non-hydrogen) atoms. The van der Waals surface area contributed by atoms with E-state index in [2.05, 4.69) is 26.6 Å². The molecule has 0 atom stereocenters. The number of hydrogen-bond acceptors (Lipinski definition) is 4. The molecule has 0 saturated carbocycles. The zero-order chi connectivity index (χ0) is 22.7. The lowest BCUT2D eigenvalue weighted by molar-refractivity contribution is 0.486. The van der Waals surface area contributed by atoms with Crippen molar-refractivity contribution in [3.8, 4) is 17.5 Å². The summed E-state index contributed by atoms with van der Waals surface area (Å²) in [4.78, 5) is 0.124. The lowest BCUT2D eigenvalue weighted by Gasteiger charge is -2.11. The van der Waals surface area contributed by atoms with Gasteiger partial charge in [-0.15, -0.1) is 0 Å². The highest BCUT2D eigenvalue weighted by molar-refractivity contribution is 9.10. The molecule has 0 aliphatic carbocycles. The van der Waals surface area contributed by atoms with E-state index in [4.69, 9.17) is 9.44 Å². The van der Waals surface area contributed by atoms with Gasteiger partial charge < -0.3 is 8.75 Å². The van der Waals surface area contributed by atoms with Crippen LogP contribution in [0.25, 0.3) is 5.69 Å². The smallest absolute Gasteiger partial charge is 0.339 e. The normalized spacial score (nSPS) is 11.2. The van der Waals surface area contributed by atoms with Gasteiger partial charge in [0.05, 0.1) is 5.56 Å². The Labute approximate surface area is 195 Å². The molecule has 3 aromatic carbocycles. The molecule has 0 amide bonds. The fourth-order valence-corrected chi connectivity index (χ4v) is 4.69. The monoisotopic (exact) mass is 506 g/mol. The lowest BCUT2D eigenvalue weighted by atomic mass is 10.1. The highest BCUT2D eigenvalue weighted by Gasteiger charge is 2.16. The SMILES string of the molecule is Cc1ccc(S(=O)(=O)Oc2ccc(Cc3cccn3-c3ccc(C#N)c(Br)c3)cc2)cc1. The van der Waals surface area contributed by atoms with Crippen LogP contribution >= 0.6 is 15.9 Å². The summed E-state index contributed by atoms with van der Waals surface area (Å²) in [6, 6.07) is 25.3. The molecule has 0 saturated heterocycles. The molecule has 4 aromatic rings. The van der Waals surface area contributed by atoms with Crippen molar-refractivity contribution in [3.63, 3.8) is 0 Å². The van der Waals surface area contributed by atoms with Crippen LogP contribution in [0.2, 0.25) is 0 Å². The number of aryl methyl sites for hydroxylation is 1. The van der Waals surface area contributed by atoms with Crippen LogP contribution in [0.5, 0.6) is 5.75 Å². The zero-order valence-corrected chi connectivity index (χ0v) is 19.6. The Morgan fingerprint density at radius 2 is 1.72 bits per heavy atom. The van der Waals surface area contributed by atoms with E-state index in [9.17, 15) is 8.42 Å². The predicted octanol–water partition coefficient (Wildman–Crippen LogP) is 5.78. The first kappa shape index (κ1) is 21.9. The molecular weight excluding hydrogens is 488 g/mol. The Morgan fingerprint density at radius 1 is 1.00 bits per heavy atom. The van der Waals surface area contributed by atoms with Crippen LogP contribution in [-0.2, 0) is 16.5 Å². The van der Waals surface area contributed by atoms with Crippen LogP contribution in [0.1, 0.15) is 22.4 Å². The van der Waals surface area contributed by atoms with Gasteiger partial charge in [0, 0.05) is 28.5 Å². The van der Waals surface area contributed by atoms with Gasteiger partial charge in [-0.25, -0.2) is 0 Å². The summed E-state index contributed by atoms with van der Waals surface area (Å²) in [5, 5.41) is 9.12. The summed E-state index contributed by atoms with van der Waals surface area (Å²) >= 11 is 3.44. The summed E-state index contributed by atoms with van der Waals surface area (Å²) in [6.45, 7) is 1.90. The van der Waals surface area contributed by atoms with Gasteiger partial charge >= 0.3 is 10.1 Å². The van der Waals surface area contributed by atoms with Crippen molar-refractivity contribution < 1.29 is 12.6 Å². The zero-order valence-electron chi connectivity index (χ0n) is 17.2. The largest absolute Gasteiger partial charge is 0.379 e. The predicted molar refractivity (Wildman–Crippen MR) is 126 cm³/mol. The van der Waals surface area contributed by atoms with E-state index < -0.39 is 10.1 Å². The number of nitriles is 1. The van der Waals surface area contributed by atoms with Gasteiger partial charge in [0.15, 0.2) is 0 Å². The van der Waals surface area contributed by atoms with Crippen LogP contribution in [0, 0.1) is 18.3 Å². The molecule has 4 rings (SSSR count). The quantitative estimate of drug-likeness (QED) is 0.310. The summed E-state index contributed by atoms with van der Waals surface area (Å²) in [5.74, 6) is 0.265. The molecule has 0 bridgehead atoms. The van der Waals surface area contributed by atoms with Gasteiger partial charge in [-0.05, 0) is 83.0 Å². The maximum atomic E-state index is 12.5. The van der Waals surface area contributed by atoms with Gasteiger partial charge in [0.2, 0.25) is 0 Å². The molecule has 1 heterocycles. The first-order chi connectivity index (χ1) is 15.4. The second kappa shape index (κ2) is 9.03. The molecule has 0 aliphatic heterocycles. The second-order valence-electron chi connectivity index (χ2n) is 7.32. The second-order valence-corrected chi connectivity index (χ2v) is 9.72. The average molecular weight is 507 g/mol. The van der Waals surface area contributed by atoms with E-state index in [1.54, 1.807) is 30.3 Å². The molecule has 5 nitrogen and oxygen atoms in total. The Hall–Kier alpha value is -3.34. The third kappa shape index (κ3) is 4.77. The van der Waals surface area contributed by atoms with Crippen molar-refractivity contribution >= 4 is 26.0 Å².